The molecule has 2 aliphatic rings. The van der Waals surface area contributed by atoms with Crippen molar-refractivity contribution >= 4 is 28.8 Å². The lowest BCUT2D eigenvalue weighted by Gasteiger charge is -2.24. The van der Waals surface area contributed by atoms with Gasteiger partial charge in [-0.15, -0.1) is 11.3 Å². The van der Waals surface area contributed by atoms with Gasteiger partial charge in [0.05, 0.1) is 11.6 Å². The van der Waals surface area contributed by atoms with E-state index in [1.54, 1.807) is 11.0 Å². The molecule has 1 saturated heterocycles. The van der Waals surface area contributed by atoms with E-state index in [1.165, 1.54) is 11.3 Å². The third-order valence-electron chi connectivity index (χ3n) is 6.01. The van der Waals surface area contributed by atoms with Gasteiger partial charge in [-0.05, 0) is 54.1 Å². The summed E-state index contributed by atoms with van der Waals surface area (Å²) in [4.78, 5) is 28.6. The fourth-order valence-corrected chi connectivity index (χ4v) is 5.32. The van der Waals surface area contributed by atoms with E-state index in [0.717, 1.165) is 28.2 Å². The summed E-state index contributed by atoms with van der Waals surface area (Å²) in [6.45, 7) is 2.39. The summed E-state index contributed by atoms with van der Waals surface area (Å²) in [5.41, 5.74) is 2.76. The standard InChI is InChI=1S/C26H23NO4S/c1-16-14-19-15-18(9-10-20(19)31-16)24(28)22-23(21-8-5-13-32-21)27(26(30)25(22)29)12-11-17-6-3-2-4-7-17/h2-10,13,15-16,23,28H,11-12,14H2,1H3/t16-,23+/m1/s1. The number of aliphatic hydroxyl groups excluding tert-OH is 1. The smallest absolute Gasteiger partial charge is 0.295 e. The van der Waals surface area contributed by atoms with Crippen LogP contribution in [0.25, 0.3) is 5.76 Å². The number of ether oxygens (including phenoxy) is 1. The highest BCUT2D eigenvalue weighted by molar-refractivity contribution is 7.10. The molecule has 1 fully saturated rings. The Kier molecular flexibility index (Phi) is 5.31. The molecule has 162 valence electrons. The van der Waals surface area contributed by atoms with Crippen molar-refractivity contribution in [3.05, 3.63) is 93.2 Å². The highest BCUT2D eigenvalue weighted by Crippen LogP contribution is 2.42. The Bertz CT molecular complexity index is 1200. The zero-order valence-corrected chi connectivity index (χ0v) is 18.5. The normalized spacial score (nSPS) is 21.6. The predicted molar refractivity (Wildman–Crippen MR) is 124 cm³/mol. The van der Waals surface area contributed by atoms with E-state index >= 15 is 0 Å². The van der Waals surface area contributed by atoms with Gasteiger partial charge < -0.3 is 14.7 Å². The summed E-state index contributed by atoms with van der Waals surface area (Å²) in [6, 6.07) is 18.5. The van der Waals surface area contributed by atoms with Gasteiger partial charge in [0.1, 0.15) is 17.6 Å². The number of benzene rings is 2. The topological polar surface area (TPSA) is 66.8 Å². The quantitative estimate of drug-likeness (QED) is 0.350. The van der Waals surface area contributed by atoms with Crippen LogP contribution in [0.4, 0.5) is 0 Å². The summed E-state index contributed by atoms with van der Waals surface area (Å²) < 4.78 is 5.75. The van der Waals surface area contributed by atoms with Gasteiger partial charge in [-0.25, -0.2) is 0 Å². The Hall–Kier alpha value is -3.38. The first-order valence-corrected chi connectivity index (χ1v) is 11.6. The molecule has 32 heavy (non-hydrogen) atoms. The Morgan fingerprint density at radius 3 is 2.69 bits per heavy atom. The summed E-state index contributed by atoms with van der Waals surface area (Å²) >= 11 is 1.48. The molecule has 5 nitrogen and oxygen atoms in total. The van der Waals surface area contributed by atoms with E-state index in [1.807, 2.05) is 66.9 Å². The zero-order chi connectivity index (χ0) is 22.2. The predicted octanol–water partition coefficient (Wildman–Crippen LogP) is 4.74. The van der Waals surface area contributed by atoms with Crippen molar-refractivity contribution in [3.63, 3.8) is 0 Å². The van der Waals surface area contributed by atoms with Crippen LogP contribution in [-0.2, 0) is 22.4 Å². The number of Topliss-reactive ketones (excluding diaryl/α,β-unsaturated/α-hetero) is 1. The minimum atomic E-state index is -0.640. The van der Waals surface area contributed by atoms with Crippen molar-refractivity contribution in [3.8, 4) is 5.75 Å². The monoisotopic (exact) mass is 445 g/mol. The first-order chi connectivity index (χ1) is 15.5. The molecule has 0 radical (unpaired) electrons. The van der Waals surface area contributed by atoms with Gasteiger partial charge in [0.25, 0.3) is 11.7 Å². The fourth-order valence-electron chi connectivity index (χ4n) is 4.47. The number of aliphatic hydroxyl groups is 1. The maximum atomic E-state index is 13.1. The Morgan fingerprint density at radius 1 is 1.12 bits per heavy atom. The van der Waals surface area contributed by atoms with Crippen LogP contribution in [0.3, 0.4) is 0 Å². The molecule has 6 heteroatoms. The zero-order valence-electron chi connectivity index (χ0n) is 17.7. The van der Waals surface area contributed by atoms with Crippen LogP contribution in [0.15, 0.2) is 71.6 Å². The SMILES string of the molecule is C[C@@H]1Cc2cc(C(O)=C3C(=O)C(=O)N(CCc4ccccc4)[C@H]3c3cccs3)ccc2O1. The first-order valence-electron chi connectivity index (χ1n) is 10.7. The second-order valence-corrected chi connectivity index (χ2v) is 9.18. The van der Waals surface area contributed by atoms with Gasteiger partial charge in [-0.1, -0.05) is 36.4 Å². The molecule has 3 heterocycles. The van der Waals surface area contributed by atoms with Gasteiger partial charge in [-0.2, -0.15) is 0 Å². The molecule has 0 unspecified atom stereocenters. The molecule has 1 amide bonds. The molecule has 0 spiro atoms. The average Bonchev–Trinajstić information content (AvgIpc) is 3.51. The number of ketones is 1. The Morgan fingerprint density at radius 2 is 1.94 bits per heavy atom. The van der Waals surface area contributed by atoms with Crippen LogP contribution in [-0.4, -0.2) is 34.3 Å². The van der Waals surface area contributed by atoms with E-state index in [4.69, 9.17) is 4.74 Å². The highest BCUT2D eigenvalue weighted by atomic mass is 32.1. The summed E-state index contributed by atoms with van der Waals surface area (Å²) in [6.07, 6.45) is 1.46. The fraction of sp³-hybridized carbons (Fsp3) is 0.231. The molecule has 1 aromatic heterocycles. The molecule has 1 N–H and O–H groups in total. The number of thiophene rings is 1. The number of hydrogen-bond donors (Lipinski definition) is 1. The van der Waals surface area contributed by atoms with Crippen molar-refractivity contribution in [2.75, 3.05) is 6.54 Å². The van der Waals surface area contributed by atoms with E-state index in [0.29, 0.717) is 18.5 Å². The second-order valence-electron chi connectivity index (χ2n) is 8.20. The van der Waals surface area contributed by atoms with Gasteiger partial charge >= 0.3 is 0 Å². The van der Waals surface area contributed by atoms with E-state index in [-0.39, 0.29) is 17.4 Å². The number of nitrogens with zero attached hydrogens (tertiary/aromatic N) is 1. The van der Waals surface area contributed by atoms with Crippen LogP contribution in [0.1, 0.15) is 34.5 Å². The third-order valence-corrected chi connectivity index (χ3v) is 6.93. The summed E-state index contributed by atoms with van der Waals surface area (Å²) in [5.74, 6) is -0.545. The third kappa shape index (κ3) is 3.60. The maximum absolute atomic E-state index is 13.1. The van der Waals surface area contributed by atoms with Crippen LogP contribution >= 0.6 is 11.3 Å². The van der Waals surface area contributed by atoms with Crippen molar-refractivity contribution in [1.82, 2.24) is 4.90 Å². The number of hydrogen-bond acceptors (Lipinski definition) is 5. The van der Waals surface area contributed by atoms with E-state index in [9.17, 15) is 14.7 Å². The van der Waals surface area contributed by atoms with E-state index < -0.39 is 17.7 Å². The Balaban J connectivity index is 1.54. The van der Waals surface area contributed by atoms with Gasteiger partial charge in [-0.3, -0.25) is 9.59 Å². The number of likely N-dealkylation sites (tertiary alicyclic amines) is 1. The molecule has 2 atom stereocenters. The second kappa shape index (κ2) is 8.28. The number of carbonyl (C=O) groups excluding carboxylic acids is 2. The van der Waals surface area contributed by atoms with Crippen LogP contribution in [0.2, 0.25) is 0 Å². The average molecular weight is 446 g/mol. The summed E-state index contributed by atoms with van der Waals surface area (Å²) in [7, 11) is 0. The van der Waals surface area contributed by atoms with Crippen molar-refractivity contribution in [1.29, 1.82) is 0 Å². The van der Waals surface area contributed by atoms with Crippen molar-refractivity contribution < 1.29 is 19.4 Å². The van der Waals surface area contributed by atoms with Gasteiger partial charge in [0.2, 0.25) is 0 Å². The van der Waals surface area contributed by atoms with Crippen molar-refractivity contribution in [2.24, 2.45) is 0 Å². The first kappa shape index (κ1) is 20.5. The molecule has 0 bridgehead atoms. The van der Waals surface area contributed by atoms with Crippen LogP contribution in [0.5, 0.6) is 5.75 Å². The number of amides is 1. The lowest BCUT2D eigenvalue weighted by atomic mass is 9.98. The van der Waals surface area contributed by atoms with Crippen LogP contribution in [0, 0.1) is 0 Å². The highest BCUT2D eigenvalue weighted by Gasteiger charge is 2.46. The molecule has 2 aromatic carbocycles. The molecule has 0 aliphatic carbocycles. The largest absolute Gasteiger partial charge is 0.507 e. The number of carbonyl (C=O) groups is 2. The van der Waals surface area contributed by atoms with Crippen molar-refractivity contribution in [2.45, 2.75) is 31.9 Å². The number of fused-ring (bicyclic) bond motifs is 1. The van der Waals surface area contributed by atoms with Gasteiger partial charge in [0.15, 0.2) is 0 Å². The molecular weight excluding hydrogens is 422 g/mol. The molecule has 2 aliphatic heterocycles. The maximum Gasteiger partial charge on any atom is 0.295 e. The lowest BCUT2D eigenvalue weighted by molar-refractivity contribution is -0.139. The molecule has 3 aromatic rings. The molecule has 5 rings (SSSR count). The number of rotatable bonds is 5. The molecular formula is C26H23NO4S. The van der Waals surface area contributed by atoms with Gasteiger partial charge in [0, 0.05) is 23.4 Å². The summed E-state index contributed by atoms with van der Waals surface area (Å²) in [5, 5.41) is 13.1. The minimum Gasteiger partial charge on any atom is -0.507 e. The van der Waals surface area contributed by atoms with E-state index in [2.05, 4.69) is 0 Å². The Labute approximate surface area is 190 Å². The lowest BCUT2D eigenvalue weighted by Crippen LogP contribution is -2.31. The molecule has 0 saturated carbocycles. The van der Waals surface area contributed by atoms with Crippen LogP contribution < -0.4 is 4.74 Å². The minimum absolute atomic E-state index is 0.0806.